The van der Waals surface area contributed by atoms with Gasteiger partial charge in [-0.1, -0.05) is 31.2 Å². The summed E-state index contributed by atoms with van der Waals surface area (Å²) in [5.41, 5.74) is 3.06. The Morgan fingerprint density at radius 1 is 1.11 bits per heavy atom. The first-order valence-corrected chi connectivity index (χ1v) is 9.53. The van der Waals surface area contributed by atoms with E-state index < -0.39 is 0 Å². The van der Waals surface area contributed by atoms with Crippen molar-refractivity contribution in [2.75, 3.05) is 27.9 Å². The number of hydrogen-bond acceptors (Lipinski definition) is 5. The number of benzene rings is 2. The first-order chi connectivity index (χ1) is 13.6. The van der Waals surface area contributed by atoms with E-state index in [1.165, 1.54) is 32.5 Å². The summed E-state index contributed by atoms with van der Waals surface area (Å²) in [7, 11) is 4.61. The van der Waals surface area contributed by atoms with Crippen LogP contribution in [0.15, 0.2) is 36.4 Å². The molecule has 0 fully saturated rings. The average molecular weight is 384 g/mol. The second-order valence-corrected chi connectivity index (χ2v) is 6.85. The van der Waals surface area contributed by atoms with Crippen LogP contribution in [-0.2, 0) is 6.42 Å². The van der Waals surface area contributed by atoms with Gasteiger partial charge < -0.3 is 24.8 Å². The molecular weight excluding hydrogens is 356 g/mol. The highest BCUT2D eigenvalue weighted by Crippen LogP contribution is 2.38. The summed E-state index contributed by atoms with van der Waals surface area (Å²) in [5.74, 6) is 1.20. The largest absolute Gasteiger partial charge is 0.493 e. The standard InChI is InChI=1S/C22H28N2O4/c1-5-16-10-14-8-6-7-9-17(14)18(24-16)13-23-22(25)15-11-19(26-2)21(28-4)20(12-15)27-3/h6-9,11-12,16,18,24H,5,10,13H2,1-4H3,(H,23,25). The van der Waals surface area contributed by atoms with Gasteiger partial charge in [0.1, 0.15) is 0 Å². The maximum absolute atomic E-state index is 12.8. The molecule has 150 valence electrons. The third-order valence-corrected chi connectivity index (χ3v) is 5.22. The fourth-order valence-electron chi connectivity index (χ4n) is 3.70. The van der Waals surface area contributed by atoms with Crippen molar-refractivity contribution in [2.45, 2.75) is 31.8 Å². The van der Waals surface area contributed by atoms with Crippen LogP contribution in [-0.4, -0.2) is 39.8 Å². The summed E-state index contributed by atoms with van der Waals surface area (Å²) in [6.45, 7) is 2.68. The molecule has 1 amide bonds. The molecule has 2 atom stereocenters. The van der Waals surface area contributed by atoms with Gasteiger partial charge in [0, 0.05) is 18.2 Å². The number of rotatable bonds is 7. The van der Waals surface area contributed by atoms with Crippen molar-refractivity contribution in [3.05, 3.63) is 53.1 Å². The molecule has 0 saturated carbocycles. The molecule has 28 heavy (non-hydrogen) atoms. The number of fused-ring (bicyclic) bond motifs is 1. The van der Waals surface area contributed by atoms with Crippen LogP contribution in [0.5, 0.6) is 17.2 Å². The van der Waals surface area contributed by atoms with E-state index in [0.29, 0.717) is 35.4 Å². The van der Waals surface area contributed by atoms with Gasteiger partial charge >= 0.3 is 0 Å². The van der Waals surface area contributed by atoms with E-state index in [1.807, 2.05) is 6.07 Å². The predicted octanol–water partition coefficient (Wildman–Crippen LogP) is 3.11. The summed E-state index contributed by atoms with van der Waals surface area (Å²) in [4.78, 5) is 12.8. The second kappa shape index (κ2) is 8.97. The molecule has 0 radical (unpaired) electrons. The van der Waals surface area contributed by atoms with Crippen LogP contribution in [0, 0.1) is 0 Å². The lowest BCUT2D eigenvalue weighted by molar-refractivity contribution is 0.0947. The van der Waals surface area contributed by atoms with Gasteiger partial charge in [0.05, 0.1) is 27.4 Å². The molecule has 2 aromatic carbocycles. The monoisotopic (exact) mass is 384 g/mol. The van der Waals surface area contributed by atoms with E-state index in [4.69, 9.17) is 14.2 Å². The molecule has 2 unspecified atom stereocenters. The molecule has 6 nitrogen and oxygen atoms in total. The lowest BCUT2D eigenvalue weighted by Gasteiger charge is -2.33. The van der Waals surface area contributed by atoms with Crippen molar-refractivity contribution in [3.8, 4) is 17.2 Å². The van der Waals surface area contributed by atoms with Crippen molar-refractivity contribution < 1.29 is 19.0 Å². The Morgan fingerprint density at radius 2 is 1.79 bits per heavy atom. The molecule has 0 spiro atoms. The molecule has 1 aliphatic rings. The third-order valence-electron chi connectivity index (χ3n) is 5.22. The van der Waals surface area contributed by atoms with E-state index in [2.05, 4.69) is 35.8 Å². The number of amides is 1. The van der Waals surface area contributed by atoms with E-state index in [1.54, 1.807) is 12.1 Å². The van der Waals surface area contributed by atoms with Crippen LogP contribution in [0.4, 0.5) is 0 Å². The first-order valence-electron chi connectivity index (χ1n) is 9.53. The molecule has 0 aliphatic carbocycles. The van der Waals surface area contributed by atoms with Crippen LogP contribution >= 0.6 is 0 Å². The Kier molecular flexibility index (Phi) is 6.41. The zero-order chi connectivity index (χ0) is 20.1. The number of carbonyl (C=O) groups excluding carboxylic acids is 1. The van der Waals surface area contributed by atoms with Gasteiger partial charge in [-0.2, -0.15) is 0 Å². The summed E-state index contributed by atoms with van der Waals surface area (Å²) >= 11 is 0. The molecule has 0 aromatic heterocycles. The van der Waals surface area contributed by atoms with Crippen molar-refractivity contribution >= 4 is 5.91 Å². The van der Waals surface area contributed by atoms with Gasteiger partial charge in [-0.15, -0.1) is 0 Å². The Balaban J connectivity index is 1.77. The van der Waals surface area contributed by atoms with Crippen LogP contribution in [0.2, 0.25) is 0 Å². The van der Waals surface area contributed by atoms with E-state index in [-0.39, 0.29) is 11.9 Å². The molecule has 3 rings (SSSR count). The minimum Gasteiger partial charge on any atom is -0.493 e. The normalized spacial score (nSPS) is 18.1. The summed E-state index contributed by atoms with van der Waals surface area (Å²) < 4.78 is 16.0. The fraction of sp³-hybridized carbons (Fsp3) is 0.409. The maximum Gasteiger partial charge on any atom is 0.251 e. The lowest BCUT2D eigenvalue weighted by atomic mass is 9.89. The summed E-state index contributed by atoms with van der Waals surface area (Å²) in [5, 5.41) is 6.69. The zero-order valence-corrected chi connectivity index (χ0v) is 16.9. The predicted molar refractivity (Wildman–Crippen MR) is 109 cm³/mol. The molecule has 2 aromatic rings. The molecule has 0 saturated heterocycles. The molecule has 6 heteroatoms. The quantitative estimate of drug-likeness (QED) is 0.768. The first kappa shape index (κ1) is 20.0. The molecule has 1 aliphatic heterocycles. The summed E-state index contributed by atoms with van der Waals surface area (Å²) in [6, 6.07) is 12.2. The number of ether oxygens (including phenoxy) is 3. The highest BCUT2D eigenvalue weighted by Gasteiger charge is 2.25. The molecule has 0 bridgehead atoms. The van der Waals surface area contributed by atoms with Gasteiger partial charge in [0.25, 0.3) is 5.91 Å². The molecular formula is C22H28N2O4. The van der Waals surface area contributed by atoms with E-state index >= 15 is 0 Å². The van der Waals surface area contributed by atoms with Crippen molar-refractivity contribution in [2.24, 2.45) is 0 Å². The summed E-state index contributed by atoms with van der Waals surface area (Å²) in [6.07, 6.45) is 2.07. The highest BCUT2D eigenvalue weighted by atomic mass is 16.5. The van der Waals surface area contributed by atoms with Crippen LogP contribution in [0.1, 0.15) is 40.9 Å². The topological polar surface area (TPSA) is 68.8 Å². The smallest absolute Gasteiger partial charge is 0.251 e. The lowest BCUT2D eigenvalue weighted by Crippen LogP contribution is -2.44. The SMILES string of the molecule is CCC1Cc2ccccc2C(CNC(=O)c2cc(OC)c(OC)c(OC)c2)N1. The second-order valence-electron chi connectivity index (χ2n) is 6.85. The number of methoxy groups -OCH3 is 3. The van der Waals surface area contributed by atoms with E-state index in [0.717, 1.165) is 12.8 Å². The maximum atomic E-state index is 12.8. The van der Waals surface area contributed by atoms with Gasteiger partial charge in [0.15, 0.2) is 11.5 Å². The number of hydrogen-bond donors (Lipinski definition) is 2. The highest BCUT2D eigenvalue weighted by molar-refractivity contribution is 5.95. The average Bonchev–Trinajstić information content (AvgIpc) is 2.75. The Bertz CT molecular complexity index is 812. The third kappa shape index (κ3) is 4.07. The van der Waals surface area contributed by atoms with Crippen molar-refractivity contribution in [1.82, 2.24) is 10.6 Å². The van der Waals surface area contributed by atoms with Crippen LogP contribution in [0.25, 0.3) is 0 Å². The zero-order valence-electron chi connectivity index (χ0n) is 16.9. The number of nitrogens with one attached hydrogen (secondary N) is 2. The fourth-order valence-corrected chi connectivity index (χ4v) is 3.70. The Morgan fingerprint density at radius 3 is 2.39 bits per heavy atom. The minimum atomic E-state index is -0.183. The van der Waals surface area contributed by atoms with Gasteiger partial charge in [-0.3, -0.25) is 4.79 Å². The van der Waals surface area contributed by atoms with Crippen LogP contribution in [0.3, 0.4) is 0 Å². The molecule has 1 heterocycles. The van der Waals surface area contributed by atoms with E-state index in [9.17, 15) is 4.79 Å². The Labute approximate surface area is 166 Å². The Hall–Kier alpha value is -2.73. The van der Waals surface area contributed by atoms with Gasteiger partial charge in [-0.05, 0) is 36.1 Å². The molecule has 2 N–H and O–H groups in total. The number of carbonyl (C=O) groups is 1. The van der Waals surface area contributed by atoms with Crippen LogP contribution < -0.4 is 24.8 Å². The van der Waals surface area contributed by atoms with Crippen molar-refractivity contribution in [1.29, 1.82) is 0 Å². The van der Waals surface area contributed by atoms with Gasteiger partial charge in [-0.25, -0.2) is 0 Å². The minimum absolute atomic E-state index is 0.0842. The van der Waals surface area contributed by atoms with Gasteiger partial charge in [0.2, 0.25) is 5.75 Å². The van der Waals surface area contributed by atoms with Crippen molar-refractivity contribution in [3.63, 3.8) is 0 Å².